The number of hydrogen-bond acceptors (Lipinski definition) is 7. The van der Waals surface area contributed by atoms with Crippen molar-refractivity contribution in [2.45, 2.75) is 90.4 Å². The van der Waals surface area contributed by atoms with E-state index in [4.69, 9.17) is 16.6 Å². The molecular formula is C22H41N5O7. The van der Waals surface area contributed by atoms with E-state index < -0.39 is 53.8 Å². The van der Waals surface area contributed by atoms with E-state index in [-0.39, 0.29) is 37.5 Å². The second-order valence-electron chi connectivity index (χ2n) is 9.14. The summed E-state index contributed by atoms with van der Waals surface area (Å²) in [7, 11) is 0. The van der Waals surface area contributed by atoms with Gasteiger partial charge in [0.1, 0.15) is 18.1 Å². The third kappa shape index (κ3) is 12.5. The number of rotatable bonds is 17. The average Bonchev–Trinajstić information content (AvgIpc) is 2.73. The monoisotopic (exact) mass is 487 g/mol. The highest BCUT2D eigenvalue weighted by Crippen LogP contribution is 2.09. The molecule has 3 amide bonds. The van der Waals surface area contributed by atoms with Crippen LogP contribution < -0.4 is 27.4 Å². The molecule has 0 aliphatic carbocycles. The van der Waals surface area contributed by atoms with Gasteiger partial charge in [-0.25, -0.2) is 4.79 Å². The third-order valence-electron chi connectivity index (χ3n) is 5.16. The van der Waals surface area contributed by atoms with E-state index >= 15 is 0 Å². The van der Waals surface area contributed by atoms with Crippen LogP contribution in [-0.4, -0.2) is 70.6 Å². The van der Waals surface area contributed by atoms with Crippen molar-refractivity contribution in [1.82, 2.24) is 16.0 Å². The summed E-state index contributed by atoms with van der Waals surface area (Å²) in [6.07, 6.45) is 1.24. The Balaban J connectivity index is 5.48. The Labute approximate surface area is 200 Å². The number of aliphatic carboxylic acids is 2. The normalized spacial score (nSPS) is 14.7. The molecule has 0 aromatic heterocycles. The van der Waals surface area contributed by atoms with E-state index in [1.54, 1.807) is 13.8 Å². The Morgan fingerprint density at radius 3 is 1.82 bits per heavy atom. The Hall–Kier alpha value is -2.73. The molecular weight excluding hydrogens is 446 g/mol. The van der Waals surface area contributed by atoms with Crippen molar-refractivity contribution in [1.29, 1.82) is 0 Å². The number of nitrogens with two attached hydrogens (primary N) is 2. The molecule has 12 heteroatoms. The summed E-state index contributed by atoms with van der Waals surface area (Å²) >= 11 is 0. The van der Waals surface area contributed by atoms with Crippen molar-refractivity contribution >= 4 is 29.7 Å². The standard InChI is InChI=1S/C22H41N5O7/c1-12(2)11-16(26-19(30)14(24)8-9-17(28)29)21(32)25-15(7-5-6-10-23)20(31)27-18(13(3)4)22(33)34/h12-16,18H,5-11,23-24H2,1-4H3,(H,25,32)(H,26,30)(H,27,31)(H,28,29)(H,33,34). The zero-order valence-electron chi connectivity index (χ0n) is 20.5. The molecule has 0 rings (SSSR count). The largest absolute Gasteiger partial charge is 0.481 e. The lowest BCUT2D eigenvalue weighted by Gasteiger charge is -2.26. The highest BCUT2D eigenvalue weighted by atomic mass is 16.4. The fraction of sp³-hybridized carbons (Fsp3) is 0.773. The molecule has 0 aliphatic heterocycles. The minimum atomic E-state index is -1.18. The molecule has 0 heterocycles. The Bertz CT molecular complexity index is 699. The van der Waals surface area contributed by atoms with Crippen LogP contribution in [0, 0.1) is 11.8 Å². The maximum absolute atomic E-state index is 13.0. The van der Waals surface area contributed by atoms with Gasteiger partial charge in [0.05, 0.1) is 6.04 Å². The zero-order valence-corrected chi connectivity index (χ0v) is 20.5. The first-order chi connectivity index (χ1) is 15.8. The SMILES string of the molecule is CC(C)CC(NC(=O)C(N)CCC(=O)O)C(=O)NC(CCCCN)C(=O)NC(C(=O)O)C(C)C. The summed E-state index contributed by atoms with van der Waals surface area (Å²) in [6, 6.07) is -4.26. The number of unbranched alkanes of at least 4 members (excludes halogenated alkanes) is 1. The lowest BCUT2D eigenvalue weighted by Crippen LogP contribution is -2.57. The first-order valence-corrected chi connectivity index (χ1v) is 11.6. The topological polar surface area (TPSA) is 214 Å². The van der Waals surface area contributed by atoms with Crippen LogP contribution in [0.1, 0.15) is 66.2 Å². The molecule has 0 fully saturated rings. The number of nitrogens with one attached hydrogen (secondary N) is 3. The predicted octanol–water partition coefficient (Wildman–Crippen LogP) is -0.451. The van der Waals surface area contributed by atoms with Gasteiger partial charge in [0.2, 0.25) is 17.7 Å². The van der Waals surface area contributed by atoms with Crippen molar-refractivity contribution in [3.8, 4) is 0 Å². The fourth-order valence-corrected chi connectivity index (χ4v) is 3.19. The minimum absolute atomic E-state index is 0.00754. The third-order valence-corrected chi connectivity index (χ3v) is 5.16. The van der Waals surface area contributed by atoms with E-state index in [2.05, 4.69) is 16.0 Å². The first-order valence-electron chi connectivity index (χ1n) is 11.6. The van der Waals surface area contributed by atoms with E-state index in [1.807, 2.05) is 13.8 Å². The minimum Gasteiger partial charge on any atom is -0.481 e. The van der Waals surface area contributed by atoms with Crippen LogP contribution in [0.15, 0.2) is 0 Å². The molecule has 12 nitrogen and oxygen atoms in total. The zero-order chi connectivity index (χ0) is 26.4. The smallest absolute Gasteiger partial charge is 0.326 e. The molecule has 0 saturated heterocycles. The molecule has 0 radical (unpaired) electrons. The number of carboxylic acids is 2. The number of hydrogen-bond donors (Lipinski definition) is 7. The van der Waals surface area contributed by atoms with Gasteiger partial charge in [-0.1, -0.05) is 27.7 Å². The Morgan fingerprint density at radius 1 is 0.794 bits per heavy atom. The molecule has 4 atom stereocenters. The number of carbonyl (C=O) groups is 5. The summed E-state index contributed by atoms with van der Waals surface area (Å²) in [5.41, 5.74) is 11.3. The van der Waals surface area contributed by atoms with Gasteiger partial charge < -0.3 is 37.6 Å². The van der Waals surface area contributed by atoms with Crippen molar-refractivity contribution in [2.24, 2.45) is 23.3 Å². The number of amides is 3. The molecule has 196 valence electrons. The van der Waals surface area contributed by atoms with Gasteiger partial charge in [0.25, 0.3) is 0 Å². The van der Waals surface area contributed by atoms with Gasteiger partial charge in [0.15, 0.2) is 0 Å². The maximum Gasteiger partial charge on any atom is 0.326 e. The molecule has 0 aromatic rings. The van der Waals surface area contributed by atoms with Crippen molar-refractivity contribution < 1.29 is 34.2 Å². The fourth-order valence-electron chi connectivity index (χ4n) is 3.19. The van der Waals surface area contributed by atoms with Gasteiger partial charge in [-0.3, -0.25) is 19.2 Å². The van der Waals surface area contributed by atoms with E-state index in [0.717, 1.165) is 0 Å². The van der Waals surface area contributed by atoms with Crippen molar-refractivity contribution in [3.63, 3.8) is 0 Å². The van der Waals surface area contributed by atoms with Crippen LogP contribution in [0.3, 0.4) is 0 Å². The van der Waals surface area contributed by atoms with Gasteiger partial charge in [-0.15, -0.1) is 0 Å². The number of carboxylic acid groups (broad SMARTS) is 2. The van der Waals surface area contributed by atoms with Crippen LogP contribution in [0.25, 0.3) is 0 Å². The molecule has 0 aliphatic rings. The lowest BCUT2D eigenvalue weighted by molar-refractivity contribution is -0.143. The maximum atomic E-state index is 13.0. The van der Waals surface area contributed by atoms with Gasteiger partial charge in [-0.05, 0) is 50.5 Å². The van der Waals surface area contributed by atoms with Crippen LogP contribution >= 0.6 is 0 Å². The summed E-state index contributed by atoms with van der Waals surface area (Å²) < 4.78 is 0. The lowest BCUT2D eigenvalue weighted by atomic mass is 10.00. The molecule has 9 N–H and O–H groups in total. The second kappa shape index (κ2) is 16.0. The highest BCUT2D eigenvalue weighted by Gasteiger charge is 2.31. The van der Waals surface area contributed by atoms with Crippen LogP contribution in [0.2, 0.25) is 0 Å². The molecule has 0 aromatic carbocycles. The van der Waals surface area contributed by atoms with Gasteiger partial charge >= 0.3 is 11.9 Å². The van der Waals surface area contributed by atoms with E-state index in [9.17, 15) is 29.1 Å². The molecule has 0 bridgehead atoms. The second-order valence-corrected chi connectivity index (χ2v) is 9.14. The molecule has 0 saturated carbocycles. The summed E-state index contributed by atoms with van der Waals surface area (Å²) in [5, 5.41) is 25.8. The predicted molar refractivity (Wildman–Crippen MR) is 125 cm³/mol. The Morgan fingerprint density at radius 2 is 1.35 bits per heavy atom. The van der Waals surface area contributed by atoms with E-state index in [0.29, 0.717) is 19.4 Å². The van der Waals surface area contributed by atoms with E-state index in [1.165, 1.54) is 0 Å². The van der Waals surface area contributed by atoms with Crippen molar-refractivity contribution in [2.75, 3.05) is 6.54 Å². The summed E-state index contributed by atoms with van der Waals surface area (Å²) in [5.74, 6) is -4.56. The molecule has 4 unspecified atom stereocenters. The first kappa shape index (κ1) is 31.3. The highest BCUT2D eigenvalue weighted by molar-refractivity contribution is 5.94. The van der Waals surface area contributed by atoms with Crippen LogP contribution in [0.4, 0.5) is 0 Å². The summed E-state index contributed by atoms with van der Waals surface area (Å²) in [4.78, 5) is 60.5. The Kier molecular flexibility index (Phi) is 14.7. The molecule has 34 heavy (non-hydrogen) atoms. The summed E-state index contributed by atoms with van der Waals surface area (Å²) in [6.45, 7) is 7.41. The quantitative estimate of drug-likeness (QED) is 0.132. The van der Waals surface area contributed by atoms with Crippen molar-refractivity contribution in [3.05, 3.63) is 0 Å². The molecule has 0 spiro atoms. The van der Waals surface area contributed by atoms with Crippen LogP contribution in [0.5, 0.6) is 0 Å². The number of carbonyl (C=O) groups excluding carboxylic acids is 3. The average molecular weight is 488 g/mol. The van der Waals surface area contributed by atoms with Gasteiger partial charge in [-0.2, -0.15) is 0 Å². The van der Waals surface area contributed by atoms with Crippen LogP contribution in [-0.2, 0) is 24.0 Å². The van der Waals surface area contributed by atoms with Gasteiger partial charge in [0, 0.05) is 6.42 Å².